The Morgan fingerprint density at radius 1 is 1.09 bits per heavy atom. The quantitative estimate of drug-likeness (QED) is 0.751. The normalized spacial score (nSPS) is 13.7. The zero-order valence-electron chi connectivity index (χ0n) is 10.9. The molecule has 0 bridgehead atoms. The molecule has 1 rings (SSSR count). The standard InChI is InChI=1S/C12H12F7NO.ClH/c13-10(14)12(18,19)21-8-3-1-2-7(6-8)9(20)4-5-11(15,16)17;/h1-3,6,9-10H,4-5,20H2;1H/t9-;/m1./s1. The molecule has 22 heavy (non-hydrogen) atoms. The number of hydrogen-bond acceptors (Lipinski definition) is 2. The molecule has 10 heteroatoms. The van der Waals surface area contributed by atoms with Gasteiger partial charge >= 0.3 is 18.7 Å². The number of benzene rings is 1. The molecule has 0 aliphatic carbocycles. The minimum atomic E-state index is -4.69. The van der Waals surface area contributed by atoms with Crippen LogP contribution in [0, 0.1) is 0 Å². The van der Waals surface area contributed by atoms with Gasteiger partial charge in [-0.3, -0.25) is 0 Å². The van der Waals surface area contributed by atoms with Crippen molar-refractivity contribution in [3.8, 4) is 5.75 Å². The van der Waals surface area contributed by atoms with E-state index in [-0.39, 0.29) is 18.0 Å². The predicted molar refractivity (Wildman–Crippen MR) is 67.5 cm³/mol. The van der Waals surface area contributed by atoms with Crippen molar-refractivity contribution in [2.75, 3.05) is 0 Å². The van der Waals surface area contributed by atoms with E-state index in [2.05, 4.69) is 4.74 Å². The minimum Gasteiger partial charge on any atom is -0.428 e. The second kappa shape index (κ2) is 7.87. The van der Waals surface area contributed by atoms with Crippen molar-refractivity contribution < 1.29 is 35.5 Å². The molecule has 0 aliphatic heterocycles. The molecule has 1 aromatic carbocycles. The molecule has 0 spiro atoms. The minimum absolute atomic E-state index is 0. The highest BCUT2D eigenvalue weighted by Gasteiger charge is 2.44. The number of nitrogens with two attached hydrogens (primary N) is 1. The van der Waals surface area contributed by atoms with E-state index in [0.29, 0.717) is 0 Å². The van der Waals surface area contributed by atoms with Gasteiger partial charge in [-0.2, -0.15) is 30.7 Å². The van der Waals surface area contributed by atoms with E-state index < -0.39 is 43.3 Å². The van der Waals surface area contributed by atoms with Crippen molar-refractivity contribution in [1.82, 2.24) is 0 Å². The summed E-state index contributed by atoms with van der Waals surface area (Å²) < 4.78 is 89.4. The fourth-order valence-electron chi connectivity index (χ4n) is 1.50. The van der Waals surface area contributed by atoms with Crippen LogP contribution < -0.4 is 10.5 Å². The van der Waals surface area contributed by atoms with Gasteiger partial charge in [0.25, 0.3) is 0 Å². The van der Waals surface area contributed by atoms with Crippen LogP contribution in [-0.2, 0) is 0 Å². The average molecular weight is 356 g/mol. The van der Waals surface area contributed by atoms with Crippen molar-refractivity contribution in [2.45, 2.75) is 37.6 Å². The van der Waals surface area contributed by atoms with Crippen LogP contribution >= 0.6 is 12.4 Å². The lowest BCUT2D eigenvalue weighted by Crippen LogP contribution is -2.33. The summed E-state index contributed by atoms with van der Waals surface area (Å²) >= 11 is 0. The molecule has 2 N–H and O–H groups in total. The zero-order valence-corrected chi connectivity index (χ0v) is 11.7. The highest BCUT2D eigenvalue weighted by atomic mass is 35.5. The van der Waals surface area contributed by atoms with Gasteiger partial charge in [0.05, 0.1) is 0 Å². The number of hydrogen-bond donors (Lipinski definition) is 1. The molecule has 0 radical (unpaired) electrons. The smallest absolute Gasteiger partial charge is 0.428 e. The van der Waals surface area contributed by atoms with Gasteiger partial charge in [0.15, 0.2) is 0 Å². The Morgan fingerprint density at radius 2 is 1.68 bits per heavy atom. The maximum absolute atomic E-state index is 12.7. The molecule has 2 nitrogen and oxygen atoms in total. The van der Waals surface area contributed by atoms with E-state index in [1.807, 2.05) is 0 Å². The maximum atomic E-state index is 12.7. The van der Waals surface area contributed by atoms with E-state index in [4.69, 9.17) is 5.73 Å². The van der Waals surface area contributed by atoms with Crippen LogP contribution in [0.15, 0.2) is 24.3 Å². The molecule has 0 heterocycles. The summed E-state index contributed by atoms with van der Waals surface area (Å²) in [6, 6.07) is 3.30. The molecule has 0 aromatic heterocycles. The second-order valence-electron chi connectivity index (χ2n) is 4.30. The summed E-state index contributed by atoms with van der Waals surface area (Å²) in [6.45, 7) is 0. The van der Waals surface area contributed by atoms with E-state index in [1.165, 1.54) is 12.1 Å². The first-order valence-corrected chi connectivity index (χ1v) is 5.78. The first-order chi connectivity index (χ1) is 9.51. The van der Waals surface area contributed by atoms with E-state index in [9.17, 15) is 30.7 Å². The van der Waals surface area contributed by atoms with Gasteiger partial charge in [-0.25, -0.2) is 0 Å². The van der Waals surface area contributed by atoms with Gasteiger partial charge in [0, 0.05) is 12.5 Å². The third kappa shape index (κ3) is 6.69. The Kier molecular flexibility index (Phi) is 7.43. The van der Waals surface area contributed by atoms with Crippen molar-refractivity contribution >= 4 is 12.4 Å². The van der Waals surface area contributed by atoms with Gasteiger partial charge < -0.3 is 10.5 Å². The van der Waals surface area contributed by atoms with Crippen molar-refractivity contribution in [1.29, 1.82) is 0 Å². The molecule has 128 valence electrons. The lowest BCUT2D eigenvalue weighted by Gasteiger charge is -2.18. The Balaban J connectivity index is 0.00000441. The van der Waals surface area contributed by atoms with E-state index >= 15 is 0 Å². The molecule has 0 aliphatic rings. The predicted octanol–water partition coefficient (Wildman–Crippen LogP) is 4.69. The summed E-state index contributed by atoms with van der Waals surface area (Å²) in [5.41, 5.74) is 5.59. The lowest BCUT2D eigenvalue weighted by atomic mass is 10.0. The van der Waals surface area contributed by atoms with E-state index in [0.717, 1.165) is 12.1 Å². The Labute approximate surface area is 127 Å². The summed E-state index contributed by atoms with van der Waals surface area (Å²) in [7, 11) is 0. The van der Waals surface area contributed by atoms with Gasteiger partial charge in [-0.05, 0) is 24.1 Å². The topological polar surface area (TPSA) is 35.2 Å². The molecular formula is C12H13ClF7NO. The SMILES string of the molecule is Cl.N[C@H](CCC(F)(F)F)c1cccc(OC(F)(F)C(F)F)c1. The van der Waals surface area contributed by atoms with Crippen molar-refractivity contribution in [3.05, 3.63) is 29.8 Å². The van der Waals surface area contributed by atoms with Crippen molar-refractivity contribution in [3.63, 3.8) is 0 Å². The largest absolute Gasteiger partial charge is 0.461 e. The van der Waals surface area contributed by atoms with Crippen molar-refractivity contribution in [2.24, 2.45) is 5.73 Å². The highest BCUT2D eigenvalue weighted by molar-refractivity contribution is 5.85. The first kappa shape index (κ1) is 20.8. The summed E-state index contributed by atoms with van der Waals surface area (Å²) in [5.74, 6) is -0.597. The fraction of sp³-hybridized carbons (Fsp3) is 0.500. The van der Waals surface area contributed by atoms with Crippen LogP contribution in [0.4, 0.5) is 30.7 Å². The Bertz CT molecular complexity index is 467. The van der Waals surface area contributed by atoms with Crippen LogP contribution in [0.1, 0.15) is 24.4 Å². The molecule has 1 atom stereocenters. The summed E-state index contributed by atoms with van der Waals surface area (Å²) in [6.07, 6.45) is -14.7. The number of halogens is 8. The number of ether oxygens (including phenoxy) is 1. The number of rotatable bonds is 6. The van der Waals surface area contributed by atoms with Gasteiger partial charge in [-0.1, -0.05) is 12.1 Å². The van der Waals surface area contributed by atoms with Crippen LogP contribution in [0.25, 0.3) is 0 Å². The maximum Gasteiger partial charge on any atom is 0.461 e. The van der Waals surface area contributed by atoms with Crippen LogP contribution in [0.3, 0.4) is 0 Å². The highest BCUT2D eigenvalue weighted by Crippen LogP contribution is 2.31. The third-order valence-corrected chi connectivity index (χ3v) is 2.53. The lowest BCUT2D eigenvalue weighted by molar-refractivity contribution is -0.253. The molecule has 1 aromatic rings. The monoisotopic (exact) mass is 355 g/mol. The molecule has 0 saturated carbocycles. The first-order valence-electron chi connectivity index (χ1n) is 5.78. The zero-order chi connectivity index (χ0) is 16.3. The van der Waals surface area contributed by atoms with Crippen LogP contribution in [0.2, 0.25) is 0 Å². The Hall–Kier alpha value is -1.22. The van der Waals surface area contributed by atoms with Crippen LogP contribution in [0.5, 0.6) is 5.75 Å². The molecule has 0 saturated heterocycles. The van der Waals surface area contributed by atoms with Gasteiger partial charge in [0.2, 0.25) is 0 Å². The Morgan fingerprint density at radius 3 is 2.18 bits per heavy atom. The summed E-state index contributed by atoms with van der Waals surface area (Å²) in [5, 5.41) is 0. The summed E-state index contributed by atoms with van der Waals surface area (Å²) in [4.78, 5) is 0. The van der Waals surface area contributed by atoms with Gasteiger partial charge in [0.1, 0.15) is 5.75 Å². The molecular weight excluding hydrogens is 343 g/mol. The van der Waals surface area contributed by atoms with Crippen LogP contribution in [-0.4, -0.2) is 18.7 Å². The number of alkyl halides is 7. The second-order valence-corrected chi connectivity index (χ2v) is 4.30. The molecule has 0 unspecified atom stereocenters. The van der Waals surface area contributed by atoms with E-state index in [1.54, 1.807) is 0 Å². The third-order valence-electron chi connectivity index (χ3n) is 2.53. The van der Waals surface area contributed by atoms with Gasteiger partial charge in [-0.15, -0.1) is 12.4 Å². The molecule has 0 fully saturated rings. The fourth-order valence-corrected chi connectivity index (χ4v) is 1.50. The molecule has 0 amide bonds. The average Bonchev–Trinajstić information content (AvgIpc) is 2.34.